The zero-order chi connectivity index (χ0) is 25.2. The number of guanidine groups is 1. The van der Waals surface area contributed by atoms with Gasteiger partial charge in [0, 0.05) is 18.9 Å². The molecule has 34 heavy (non-hydrogen) atoms. The molecule has 0 radical (unpaired) electrons. The van der Waals surface area contributed by atoms with Crippen molar-refractivity contribution in [2.24, 2.45) is 22.6 Å². The molecule has 1 fully saturated rings. The van der Waals surface area contributed by atoms with Crippen molar-refractivity contribution in [3.05, 3.63) is 29.1 Å². The van der Waals surface area contributed by atoms with Gasteiger partial charge in [-0.3, -0.25) is 14.5 Å². The van der Waals surface area contributed by atoms with E-state index in [1.54, 1.807) is 27.7 Å². The van der Waals surface area contributed by atoms with Crippen LogP contribution in [0.4, 0.5) is 17.6 Å². The summed E-state index contributed by atoms with van der Waals surface area (Å²) in [5.74, 6) is -2.57. The number of carbonyl (C=O) groups is 2. The number of halogens is 4. The Morgan fingerprint density at radius 2 is 1.97 bits per heavy atom. The Labute approximate surface area is 194 Å². The minimum absolute atomic E-state index is 0.0979. The Bertz CT molecular complexity index is 1070. The molecule has 7 nitrogen and oxygen atoms in total. The molecule has 1 aromatic rings. The average molecular weight is 484 g/mol. The van der Waals surface area contributed by atoms with Gasteiger partial charge >= 0.3 is 6.18 Å². The summed E-state index contributed by atoms with van der Waals surface area (Å²) in [5, 5.41) is 2.72. The van der Waals surface area contributed by atoms with Crippen LogP contribution in [0.2, 0.25) is 0 Å². The van der Waals surface area contributed by atoms with Gasteiger partial charge in [-0.1, -0.05) is 0 Å². The molecule has 1 aromatic carbocycles. The van der Waals surface area contributed by atoms with E-state index in [4.69, 9.17) is 10.5 Å². The van der Waals surface area contributed by atoms with Gasteiger partial charge in [0.1, 0.15) is 17.2 Å². The number of nitrogens with two attached hydrogens (primary N) is 1. The molecule has 2 heterocycles. The molecule has 3 aliphatic rings. The maximum absolute atomic E-state index is 14.7. The normalized spacial score (nSPS) is 27.4. The second kappa shape index (κ2) is 7.84. The van der Waals surface area contributed by atoms with Crippen LogP contribution < -0.4 is 15.8 Å². The standard InChI is InChI=1S/C23H28F4N4O3/c1-21(2)9-16(32)31(20(28)30-21)10-11-7-12(11)19(33)29-15-8-22(3,4)34-18-13(23(25,26)27)5-6-14(24)17(15)18/h5-6,11-12,15H,7-10H2,1-4H3,(H2,28,30)(H,29,33)/t11-,12+,15-/m0/s1. The molecule has 3 atom stereocenters. The number of nitrogens with one attached hydrogen (secondary N) is 1. The van der Waals surface area contributed by atoms with Crippen molar-refractivity contribution in [1.29, 1.82) is 0 Å². The molecule has 0 saturated heterocycles. The van der Waals surface area contributed by atoms with Crippen LogP contribution in [0.5, 0.6) is 5.75 Å². The van der Waals surface area contributed by atoms with Gasteiger partial charge in [-0.2, -0.15) is 13.2 Å². The summed E-state index contributed by atoms with van der Waals surface area (Å²) in [6.07, 6.45) is -3.96. The van der Waals surface area contributed by atoms with E-state index in [-0.39, 0.29) is 42.7 Å². The van der Waals surface area contributed by atoms with Crippen molar-refractivity contribution in [3.63, 3.8) is 0 Å². The first-order chi connectivity index (χ1) is 15.6. The van der Waals surface area contributed by atoms with Crippen LogP contribution in [0, 0.1) is 17.7 Å². The number of benzene rings is 1. The summed E-state index contributed by atoms with van der Waals surface area (Å²) in [6.45, 7) is 7.01. The molecular formula is C23H28F4N4O3. The second-order valence-corrected chi connectivity index (χ2v) is 10.5. The molecular weight excluding hydrogens is 456 g/mol. The lowest BCUT2D eigenvalue weighted by Crippen LogP contribution is -2.50. The lowest BCUT2D eigenvalue weighted by molar-refractivity contribution is -0.140. The van der Waals surface area contributed by atoms with Crippen LogP contribution in [0.1, 0.15) is 64.1 Å². The maximum atomic E-state index is 14.7. The Morgan fingerprint density at radius 3 is 2.59 bits per heavy atom. The zero-order valence-corrected chi connectivity index (χ0v) is 19.4. The first kappa shape index (κ1) is 24.3. The number of carbonyl (C=O) groups excluding carboxylic acids is 2. The number of ether oxygens (including phenoxy) is 1. The third kappa shape index (κ3) is 4.69. The Kier molecular flexibility index (Phi) is 5.60. The minimum atomic E-state index is -4.74. The van der Waals surface area contributed by atoms with E-state index in [1.807, 2.05) is 0 Å². The van der Waals surface area contributed by atoms with Crippen LogP contribution in [0.15, 0.2) is 17.1 Å². The van der Waals surface area contributed by atoms with E-state index < -0.39 is 52.3 Å². The largest absolute Gasteiger partial charge is 0.487 e. The molecule has 0 spiro atoms. The summed E-state index contributed by atoms with van der Waals surface area (Å²) in [4.78, 5) is 31.1. The van der Waals surface area contributed by atoms with Gasteiger partial charge < -0.3 is 15.8 Å². The van der Waals surface area contributed by atoms with Gasteiger partial charge in [-0.25, -0.2) is 9.38 Å². The number of amides is 2. The van der Waals surface area contributed by atoms with E-state index in [9.17, 15) is 27.2 Å². The van der Waals surface area contributed by atoms with Gasteiger partial charge in [0.15, 0.2) is 5.96 Å². The summed E-state index contributed by atoms with van der Waals surface area (Å²) < 4.78 is 60.8. The molecule has 3 N–H and O–H groups in total. The van der Waals surface area contributed by atoms with Gasteiger partial charge in [0.05, 0.1) is 29.1 Å². The van der Waals surface area contributed by atoms with E-state index >= 15 is 0 Å². The van der Waals surface area contributed by atoms with E-state index in [0.717, 1.165) is 6.07 Å². The van der Waals surface area contributed by atoms with Gasteiger partial charge in [0.25, 0.3) is 0 Å². The fourth-order valence-electron chi connectivity index (χ4n) is 4.75. The topological polar surface area (TPSA) is 97.0 Å². The van der Waals surface area contributed by atoms with Crippen LogP contribution in [0.3, 0.4) is 0 Å². The van der Waals surface area contributed by atoms with E-state index in [0.29, 0.717) is 12.5 Å². The van der Waals surface area contributed by atoms with Crippen LogP contribution in [-0.4, -0.2) is 40.4 Å². The molecule has 0 aromatic heterocycles. The third-order valence-corrected chi connectivity index (χ3v) is 6.44. The Balaban J connectivity index is 1.50. The first-order valence-corrected chi connectivity index (χ1v) is 11.1. The zero-order valence-electron chi connectivity index (χ0n) is 19.4. The highest BCUT2D eigenvalue weighted by Gasteiger charge is 2.48. The van der Waals surface area contributed by atoms with Gasteiger partial charge in [-0.15, -0.1) is 0 Å². The highest BCUT2D eigenvalue weighted by Crippen LogP contribution is 2.48. The quantitative estimate of drug-likeness (QED) is 0.639. The lowest BCUT2D eigenvalue weighted by atomic mass is 9.87. The third-order valence-electron chi connectivity index (χ3n) is 6.44. The highest BCUT2D eigenvalue weighted by molar-refractivity contribution is 5.99. The second-order valence-electron chi connectivity index (χ2n) is 10.5. The fraction of sp³-hybridized carbons (Fsp3) is 0.609. The molecule has 1 saturated carbocycles. The number of hydrogen-bond donors (Lipinski definition) is 2. The van der Waals surface area contributed by atoms with E-state index in [1.165, 1.54) is 4.90 Å². The Morgan fingerprint density at radius 1 is 1.29 bits per heavy atom. The van der Waals surface area contributed by atoms with Crippen molar-refractivity contribution in [2.75, 3.05) is 6.54 Å². The molecule has 4 rings (SSSR count). The number of aliphatic imine (C=N–C) groups is 1. The fourth-order valence-corrected chi connectivity index (χ4v) is 4.75. The van der Waals surface area contributed by atoms with E-state index in [2.05, 4.69) is 10.3 Å². The summed E-state index contributed by atoms with van der Waals surface area (Å²) >= 11 is 0. The molecule has 0 bridgehead atoms. The smallest absolute Gasteiger partial charge is 0.419 e. The van der Waals surface area contributed by atoms with Crippen LogP contribution >= 0.6 is 0 Å². The molecule has 1 aliphatic carbocycles. The highest BCUT2D eigenvalue weighted by atomic mass is 19.4. The van der Waals surface area contributed by atoms with Crippen LogP contribution in [-0.2, 0) is 15.8 Å². The van der Waals surface area contributed by atoms with Crippen LogP contribution in [0.25, 0.3) is 0 Å². The van der Waals surface area contributed by atoms with Gasteiger partial charge in [0.2, 0.25) is 11.8 Å². The summed E-state index contributed by atoms with van der Waals surface area (Å²) in [5.41, 5.74) is 2.93. The summed E-state index contributed by atoms with van der Waals surface area (Å²) in [7, 11) is 0. The SMILES string of the molecule is CC1(C)CC(=O)N(C[C@@H]2C[C@H]2C(=O)N[C@H]2CC(C)(C)Oc3c(C(F)(F)F)ccc(F)c32)C(N)=N1. The average Bonchev–Trinajstić information content (AvgIpc) is 3.41. The molecule has 11 heteroatoms. The molecule has 2 amide bonds. The molecule has 2 aliphatic heterocycles. The predicted octanol–water partition coefficient (Wildman–Crippen LogP) is 3.52. The number of rotatable bonds is 4. The molecule has 0 unspecified atom stereocenters. The minimum Gasteiger partial charge on any atom is -0.487 e. The number of alkyl halides is 3. The van der Waals surface area contributed by atoms with Crippen molar-refractivity contribution in [1.82, 2.24) is 10.2 Å². The predicted molar refractivity (Wildman–Crippen MR) is 115 cm³/mol. The number of nitrogens with zero attached hydrogens (tertiary/aromatic N) is 2. The van der Waals surface area contributed by atoms with Crippen molar-refractivity contribution in [2.45, 2.75) is 70.3 Å². The molecule has 186 valence electrons. The number of hydrogen-bond acceptors (Lipinski definition) is 5. The Hall–Kier alpha value is -2.85. The first-order valence-electron chi connectivity index (χ1n) is 11.1. The van der Waals surface area contributed by atoms with Crippen molar-refractivity contribution < 1.29 is 31.9 Å². The van der Waals surface area contributed by atoms with Crippen molar-refractivity contribution in [3.8, 4) is 5.75 Å². The van der Waals surface area contributed by atoms with Crippen molar-refractivity contribution >= 4 is 17.8 Å². The number of fused-ring (bicyclic) bond motifs is 1. The monoisotopic (exact) mass is 484 g/mol. The van der Waals surface area contributed by atoms with Gasteiger partial charge in [-0.05, 0) is 52.2 Å². The maximum Gasteiger partial charge on any atom is 0.419 e. The summed E-state index contributed by atoms with van der Waals surface area (Å²) in [6, 6.07) is 0.404. The lowest BCUT2D eigenvalue weighted by Gasteiger charge is -2.39.